The molecule has 0 spiro atoms. The van der Waals surface area contributed by atoms with Crippen molar-refractivity contribution in [2.24, 2.45) is 0 Å². The zero-order valence-electron chi connectivity index (χ0n) is 16.2. The lowest BCUT2D eigenvalue weighted by Gasteiger charge is -2.38. The maximum Gasteiger partial charge on any atom is 0.318 e. The molecular formula is C20H21N5O3S. The molecule has 9 heteroatoms. The van der Waals surface area contributed by atoms with Gasteiger partial charge in [-0.1, -0.05) is 11.2 Å². The second kappa shape index (κ2) is 8.52. The first-order valence-corrected chi connectivity index (χ1v) is 10.2. The van der Waals surface area contributed by atoms with E-state index in [0.717, 1.165) is 16.3 Å². The third-order valence-corrected chi connectivity index (χ3v) is 5.73. The molecule has 1 unspecified atom stereocenters. The molecule has 1 fully saturated rings. The molecule has 3 aromatic rings. The molecule has 1 aliphatic rings. The first-order valence-electron chi connectivity index (χ1n) is 9.23. The summed E-state index contributed by atoms with van der Waals surface area (Å²) in [6.07, 6.45) is 3.49. The Bertz CT molecular complexity index is 981. The second-order valence-electron chi connectivity index (χ2n) is 6.51. The molecule has 0 bridgehead atoms. The van der Waals surface area contributed by atoms with Crippen molar-refractivity contribution in [2.75, 3.05) is 30.0 Å². The van der Waals surface area contributed by atoms with Gasteiger partial charge in [-0.05, 0) is 31.2 Å². The van der Waals surface area contributed by atoms with E-state index in [1.54, 1.807) is 36.2 Å². The van der Waals surface area contributed by atoms with Crippen molar-refractivity contribution in [1.29, 1.82) is 0 Å². The molecule has 2 aromatic heterocycles. The fourth-order valence-electron chi connectivity index (χ4n) is 3.17. The highest BCUT2D eigenvalue weighted by atomic mass is 32.2. The monoisotopic (exact) mass is 411 g/mol. The molecule has 3 heterocycles. The van der Waals surface area contributed by atoms with Crippen LogP contribution in [0.1, 0.15) is 12.8 Å². The highest BCUT2D eigenvalue weighted by Crippen LogP contribution is 2.28. The van der Waals surface area contributed by atoms with Gasteiger partial charge in [-0.2, -0.15) is 0 Å². The van der Waals surface area contributed by atoms with E-state index >= 15 is 0 Å². The van der Waals surface area contributed by atoms with Crippen molar-refractivity contribution in [3.05, 3.63) is 54.7 Å². The van der Waals surface area contributed by atoms with Crippen LogP contribution in [0.5, 0.6) is 5.75 Å². The molecule has 0 aliphatic carbocycles. The Hall–Kier alpha value is -3.07. The van der Waals surface area contributed by atoms with Crippen LogP contribution in [0.2, 0.25) is 0 Å². The van der Waals surface area contributed by atoms with Gasteiger partial charge in [0.05, 0.1) is 12.9 Å². The molecular weight excluding hydrogens is 390 g/mol. The van der Waals surface area contributed by atoms with Crippen molar-refractivity contribution in [3.8, 4) is 5.75 Å². The van der Waals surface area contributed by atoms with Gasteiger partial charge >= 0.3 is 6.01 Å². The van der Waals surface area contributed by atoms with Crippen LogP contribution in [-0.4, -0.2) is 47.3 Å². The smallest absolute Gasteiger partial charge is 0.318 e. The number of benzene rings is 1. The standard InChI is InChI=1S/C20H21N5O3S/c1-14-19(26)25(15-4-3-5-16(12-15)27-2)11-10-24(14)20-23-22-18(28-20)13-29-17-6-8-21-9-7-17/h3-9,12,14H,10-11,13H2,1-2H3. The number of amides is 1. The summed E-state index contributed by atoms with van der Waals surface area (Å²) in [4.78, 5) is 21.7. The van der Waals surface area contributed by atoms with E-state index in [1.807, 2.05) is 48.2 Å². The largest absolute Gasteiger partial charge is 0.497 e. The van der Waals surface area contributed by atoms with Crippen LogP contribution < -0.4 is 14.5 Å². The summed E-state index contributed by atoms with van der Waals surface area (Å²) in [5.41, 5.74) is 0.820. The zero-order chi connectivity index (χ0) is 20.2. The molecule has 150 valence electrons. The lowest BCUT2D eigenvalue weighted by atomic mass is 10.1. The molecule has 0 saturated carbocycles. The summed E-state index contributed by atoms with van der Waals surface area (Å²) < 4.78 is 11.1. The third kappa shape index (κ3) is 4.19. The van der Waals surface area contributed by atoms with Crippen LogP contribution in [0.3, 0.4) is 0 Å². The molecule has 0 N–H and O–H groups in total. The zero-order valence-corrected chi connectivity index (χ0v) is 17.0. The lowest BCUT2D eigenvalue weighted by molar-refractivity contribution is -0.120. The summed E-state index contributed by atoms with van der Waals surface area (Å²) in [5, 5.41) is 8.28. The minimum absolute atomic E-state index is 0.0181. The normalized spacial score (nSPS) is 16.9. The van der Waals surface area contributed by atoms with Crippen LogP contribution in [0.15, 0.2) is 58.1 Å². The van der Waals surface area contributed by atoms with Crippen molar-refractivity contribution in [2.45, 2.75) is 23.6 Å². The van der Waals surface area contributed by atoms with E-state index in [4.69, 9.17) is 9.15 Å². The fourth-order valence-corrected chi connectivity index (χ4v) is 3.89. The predicted octanol–water partition coefficient (Wildman–Crippen LogP) is 3.01. The molecule has 1 saturated heterocycles. The summed E-state index contributed by atoms with van der Waals surface area (Å²) in [6, 6.07) is 11.3. The Balaban J connectivity index is 1.43. The molecule has 1 atom stereocenters. The number of carbonyl (C=O) groups is 1. The van der Waals surface area contributed by atoms with E-state index < -0.39 is 6.04 Å². The number of thioether (sulfide) groups is 1. The highest BCUT2D eigenvalue weighted by molar-refractivity contribution is 7.98. The van der Waals surface area contributed by atoms with Crippen LogP contribution in [0, 0.1) is 0 Å². The van der Waals surface area contributed by atoms with Gasteiger partial charge in [-0.25, -0.2) is 0 Å². The molecule has 1 amide bonds. The fraction of sp³-hybridized carbons (Fsp3) is 0.300. The van der Waals surface area contributed by atoms with Crippen LogP contribution in [0.4, 0.5) is 11.7 Å². The Morgan fingerprint density at radius 2 is 2.03 bits per heavy atom. The molecule has 4 rings (SSSR count). The SMILES string of the molecule is COc1cccc(N2CCN(c3nnc(CSc4ccncc4)o3)C(C)C2=O)c1. The second-order valence-corrected chi connectivity index (χ2v) is 7.56. The van der Waals surface area contributed by atoms with Crippen LogP contribution in [0.25, 0.3) is 0 Å². The number of aromatic nitrogens is 3. The minimum atomic E-state index is -0.406. The number of ether oxygens (including phenoxy) is 1. The van der Waals surface area contributed by atoms with Crippen LogP contribution in [-0.2, 0) is 10.5 Å². The van der Waals surface area contributed by atoms with Crippen molar-refractivity contribution < 1.29 is 13.9 Å². The Morgan fingerprint density at radius 1 is 1.21 bits per heavy atom. The van der Waals surface area contributed by atoms with E-state index in [1.165, 1.54) is 0 Å². The van der Waals surface area contributed by atoms with E-state index in [0.29, 0.717) is 30.7 Å². The van der Waals surface area contributed by atoms with Crippen molar-refractivity contribution in [1.82, 2.24) is 15.2 Å². The maximum absolute atomic E-state index is 13.0. The summed E-state index contributed by atoms with van der Waals surface area (Å²) in [7, 11) is 1.61. The third-order valence-electron chi connectivity index (χ3n) is 4.73. The topological polar surface area (TPSA) is 84.6 Å². The Labute approximate surface area is 172 Å². The Morgan fingerprint density at radius 3 is 2.83 bits per heavy atom. The quantitative estimate of drug-likeness (QED) is 0.573. The summed E-state index contributed by atoms with van der Waals surface area (Å²) in [5.74, 6) is 1.79. The number of nitrogens with zero attached hydrogens (tertiary/aromatic N) is 5. The lowest BCUT2D eigenvalue weighted by Crippen LogP contribution is -2.56. The number of hydrogen-bond donors (Lipinski definition) is 0. The molecule has 1 aromatic carbocycles. The van der Waals surface area contributed by atoms with Gasteiger partial charge in [0.25, 0.3) is 0 Å². The minimum Gasteiger partial charge on any atom is -0.497 e. The number of rotatable bonds is 6. The van der Waals surface area contributed by atoms with Gasteiger partial charge in [0.1, 0.15) is 11.8 Å². The first-order chi connectivity index (χ1) is 14.2. The van der Waals surface area contributed by atoms with Gasteiger partial charge < -0.3 is 19.0 Å². The summed E-state index contributed by atoms with van der Waals surface area (Å²) in [6.45, 7) is 2.98. The van der Waals surface area contributed by atoms with E-state index in [9.17, 15) is 4.79 Å². The van der Waals surface area contributed by atoms with Gasteiger partial charge in [-0.3, -0.25) is 9.78 Å². The average Bonchev–Trinajstić information content (AvgIpc) is 3.23. The van der Waals surface area contributed by atoms with Crippen molar-refractivity contribution in [3.63, 3.8) is 0 Å². The van der Waals surface area contributed by atoms with Gasteiger partial charge in [-0.15, -0.1) is 16.9 Å². The van der Waals surface area contributed by atoms with Gasteiger partial charge in [0.2, 0.25) is 11.8 Å². The first kappa shape index (κ1) is 19.3. The number of anilines is 2. The molecule has 8 nitrogen and oxygen atoms in total. The number of pyridine rings is 1. The van der Waals surface area contributed by atoms with E-state index in [2.05, 4.69) is 15.2 Å². The van der Waals surface area contributed by atoms with Crippen molar-refractivity contribution >= 4 is 29.4 Å². The number of methoxy groups -OCH3 is 1. The van der Waals surface area contributed by atoms with Gasteiger partial charge in [0, 0.05) is 42.1 Å². The number of piperazine rings is 1. The van der Waals surface area contributed by atoms with Gasteiger partial charge in [0.15, 0.2) is 0 Å². The van der Waals surface area contributed by atoms with E-state index in [-0.39, 0.29) is 5.91 Å². The predicted molar refractivity (Wildman–Crippen MR) is 110 cm³/mol. The molecule has 1 aliphatic heterocycles. The van der Waals surface area contributed by atoms with Crippen LogP contribution >= 0.6 is 11.8 Å². The molecule has 29 heavy (non-hydrogen) atoms. The molecule has 0 radical (unpaired) electrons. The maximum atomic E-state index is 13.0. The average molecular weight is 411 g/mol. The number of carbonyl (C=O) groups excluding carboxylic acids is 1. The summed E-state index contributed by atoms with van der Waals surface area (Å²) >= 11 is 1.59. The Kier molecular flexibility index (Phi) is 5.66. The number of hydrogen-bond acceptors (Lipinski definition) is 8. The highest BCUT2D eigenvalue weighted by Gasteiger charge is 2.35.